The van der Waals surface area contributed by atoms with Crippen LogP contribution in [0.2, 0.25) is 0 Å². The van der Waals surface area contributed by atoms with Gasteiger partial charge in [0, 0.05) is 4.88 Å². The Labute approximate surface area is 83.2 Å². The van der Waals surface area contributed by atoms with E-state index in [1.165, 1.54) is 4.88 Å². The summed E-state index contributed by atoms with van der Waals surface area (Å²) in [6.07, 6.45) is -0.303. The van der Waals surface area contributed by atoms with E-state index in [1.807, 2.05) is 32.2 Å². The summed E-state index contributed by atoms with van der Waals surface area (Å²) in [5, 5.41) is 11.7. The second kappa shape index (κ2) is 4.74. The number of aliphatic hydroxyl groups is 1. The van der Waals surface area contributed by atoms with E-state index in [9.17, 15) is 5.11 Å². The van der Waals surface area contributed by atoms with E-state index in [0.29, 0.717) is 6.61 Å². The highest BCUT2D eigenvalue weighted by molar-refractivity contribution is 7.10. The van der Waals surface area contributed by atoms with E-state index in [1.54, 1.807) is 11.3 Å². The van der Waals surface area contributed by atoms with Crippen LogP contribution in [-0.2, 0) is 4.74 Å². The van der Waals surface area contributed by atoms with Gasteiger partial charge in [-0.1, -0.05) is 0 Å². The molecule has 0 aromatic carbocycles. The quantitative estimate of drug-likeness (QED) is 0.809. The molecule has 74 valence electrons. The van der Waals surface area contributed by atoms with Crippen LogP contribution in [0, 0.1) is 6.92 Å². The molecular formula is C10H16O2S. The average molecular weight is 200 g/mol. The highest BCUT2D eigenvalue weighted by Crippen LogP contribution is 2.22. The minimum atomic E-state index is -0.478. The molecule has 0 bridgehead atoms. The maximum absolute atomic E-state index is 9.72. The van der Waals surface area contributed by atoms with Crippen LogP contribution in [0.4, 0.5) is 0 Å². The van der Waals surface area contributed by atoms with Gasteiger partial charge < -0.3 is 9.84 Å². The first kappa shape index (κ1) is 10.7. The Morgan fingerprint density at radius 3 is 2.69 bits per heavy atom. The predicted molar refractivity (Wildman–Crippen MR) is 55.1 cm³/mol. The molecule has 1 unspecified atom stereocenters. The molecule has 1 aromatic heterocycles. The fourth-order valence-corrected chi connectivity index (χ4v) is 1.87. The minimum Gasteiger partial charge on any atom is -0.386 e. The monoisotopic (exact) mass is 200 g/mol. The number of aliphatic hydroxyl groups excluding tert-OH is 1. The molecule has 0 saturated carbocycles. The van der Waals surface area contributed by atoms with E-state index in [4.69, 9.17) is 4.74 Å². The lowest BCUT2D eigenvalue weighted by molar-refractivity contribution is 0.00488. The largest absolute Gasteiger partial charge is 0.386 e. The lowest BCUT2D eigenvalue weighted by atomic mass is 10.1. The van der Waals surface area contributed by atoms with Gasteiger partial charge in [-0.25, -0.2) is 0 Å². The Kier molecular flexibility index (Phi) is 3.90. The van der Waals surface area contributed by atoms with Gasteiger partial charge in [0.2, 0.25) is 0 Å². The van der Waals surface area contributed by atoms with Crippen molar-refractivity contribution in [3.63, 3.8) is 0 Å². The topological polar surface area (TPSA) is 29.5 Å². The second-order valence-corrected chi connectivity index (χ2v) is 4.45. The lowest BCUT2D eigenvalue weighted by Gasteiger charge is -2.13. The van der Waals surface area contributed by atoms with Gasteiger partial charge in [0.15, 0.2) is 0 Å². The van der Waals surface area contributed by atoms with Crippen molar-refractivity contribution in [2.24, 2.45) is 0 Å². The standard InChI is InChI=1S/C10H16O2S/c1-7(2)12-6-10(11)9-4-5-13-8(9)3/h4-5,7,10-11H,6H2,1-3H3. The molecule has 0 aliphatic heterocycles. The summed E-state index contributed by atoms with van der Waals surface area (Å²) in [6, 6.07) is 1.95. The molecule has 1 aromatic rings. The SMILES string of the molecule is Cc1sccc1C(O)COC(C)C. The van der Waals surface area contributed by atoms with Gasteiger partial charge in [-0.05, 0) is 37.8 Å². The normalized spacial score (nSPS) is 13.6. The summed E-state index contributed by atoms with van der Waals surface area (Å²) >= 11 is 1.65. The molecule has 0 saturated heterocycles. The Morgan fingerprint density at radius 1 is 1.54 bits per heavy atom. The third-order valence-electron chi connectivity index (χ3n) is 1.85. The third-order valence-corrected chi connectivity index (χ3v) is 2.71. The molecule has 0 aliphatic rings. The molecule has 13 heavy (non-hydrogen) atoms. The zero-order valence-corrected chi connectivity index (χ0v) is 9.10. The Balaban J connectivity index is 2.49. The maximum Gasteiger partial charge on any atom is 0.103 e. The summed E-state index contributed by atoms with van der Waals surface area (Å²) in [5.74, 6) is 0. The Hall–Kier alpha value is -0.380. The number of ether oxygens (including phenoxy) is 1. The van der Waals surface area contributed by atoms with E-state index < -0.39 is 6.10 Å². The molecule has 2 nitrogen and oxygen atoms in total. The zero-order chi connectivity index (χ0) is 9.84. The summed E-state index contributed by atoms with van der Waals surface area (Å²) in [7, 11) is 0. The fourth-order valence-electron chi connectivity index (χ4n) is 1.11. The van der Waals surface area contributed by atoms with Crippen molar-refractivity contribution < 1.29 is 9.84 Å². The second-order valence-electron chi connectivity index (χ2n) is 3.33. The zero-order valence-electron chi connectivity index (χ0n) is 8.28. The maximum atomic E-state index is 9.72. The summed E-state index contributed by atoms with van der Waals surface area (Å²) < 4.78 is 5.34. The van der Waals surface area contributed by atoms with Gasteiger partial charge in [-0.15, -0.1) is 11.3 Å². The summed E-state index contributed by atoms with van der Waals surface area (Å²) in [6.45, 7) is 6.33. The fraction of sp³-hybridized carbons (Fsp3) is 0.600. The third kappa shape index (κ3) is 3.10. The van der Waals surface area contributed by atoms with Crippen LogP contribution in [0.25, 0.3) is 0 Å². The first-order valence-corrected chi connectivity index (χ1v) is 5.33. The van der Waals surface area contributed by atoms with Crippen molar-refractivity contribution in [3.8, 4) is 0 Å². The highest BCUT2D eigenvalue weighted by Gasteiger charge is 2.11. The molecule has 0 amide bonds. The van der Waals surface area contributed by atoms with Crippen molar-refractivity contribution in [2.75, 3.05) is 6.61 Å². The molecule has 1 rings (SSSR count). The molecular weight excluding hydrogens is 184 g/mol. The molecule has 0 fully saturated rings. The van der Waals surface area contributed by atoms with E-state index in [0.717, 1.165) is 5.56 Å². The van der Waals surface area contributed by atoms with E-state index in [-0.39, 0.29) is 6.10 Å². The highest BCUT2D eigenvalue weighted by atomic mass is 32.1. The lowest BCUT2D eigenvalue weighted by Crippen LogP contribution is -2.11. The molecule has 0 spiro atoms. The van der Waals surface area contributed by atoms with Crippen LogP contribution in [0.3, 0.4) is 0 Å². The number of thiophene rings is 1. The van der Waals surface area contributed by atoms with Crippen molar-refractivity contribution in [3.05, 3.63) is 21.9 Å². The predicted octanol–water partition coefficient (Wildman–Crippen LogP) is 2.51. The van der Waals surface area contributed by atoms with Crippen LogP contribution in [0.5, 0.6) is 0 Å². The van der Waals surface area contributed by atoms with Crippen LogP contribution >= 0.6 is 11.3 Å². The first-order chi connectivity index (χ1) is 6.11. The number of hydrogen-bond donors (Lipinski definition) is 1. The first-order valence-electron chi connectivity index (χ1n) is 4.45. The van der Waals surface area contributed by atoms with Gasteiger partial charge in [0.1, 0.15) is 6.10 Å². The smallest absolute Gasteiger partial charge is 0.103 e. The molecule has 0 radical (unpaired) electrons. The van der Waals surface area contributed by atoms with E-state index >= 15 is 0 Å². The number of rotatable bonds is 4. The van der Waals surface area contributed by atoms with Crippen molar-refractivity contribution in [1.29, 1.82) is 0 Å². The molecule has 1 heterocycles. The van der Waals surface area contributed by atoms with Gasteiger partial charge in [-0.3, -0.25) is 0 Å². The van der Waals surface area contributed by atoms with Crippen LogP contribution in [0.1, 0.15) is 30.4 Å². The van der Waals surface area contributed by atoms with Crippen molar-refractivity contribution in [2.45, 2.75) is 33.0 Å². The van der Waals surface area contributed by atoms with Gasteiger partial charge in [-0.2, -0.15) is 0 Å². The summed E-state index contributed by atoms with van der Waals surface area (Å²) in [5.41, 5.74) is 0.991. The minimum absolute atomic E-state index is 0.175. The summed E-state index contributed by atoms with van der Waals surface area (Å²) in [4.78, 5) is 1.17. The number of hydrogen-bond acceptors (Lipinski definition) is 3. The Bertz CT molecular complexity index is 255. The Morgan fingerprint density at radius 2 is 2.23 bits per heavy atom. The molecule has 1 atom stereocenters. The van der Waals surface area contributed by atoms with Gasteiger partial charge in [0.25, 0.3) is 0 Å². The van der Waals surface area contributed by atoms with Crippen LogP contribution < -0.4 is 0 Å². The van der Waals surface area contributed by atoms with Crippen LogP contribution in [-0.4, -0.2) is 17.8 Å². The number of aryl methyl sites for hydroxylation is 1. The van der Waals surface area contributed by atoms with Crippen molar-refractivity contribution in [1.82, 2.24) is 0 Å². The molecule has 0 aliphatic carbocycles. The van der Waals surface area contributed by atoms with Crippen molar-refractivity contribution >= 4 is 11.3 Å². The van der Waals surface area contributed by atoms with E-state index in [2.05, 4.69) is 0 Å². The van der Waals surface area contributed by atoms with Crippen LogP contribution in [0.15, 0.2) is 11.4 Å². The molecule has 1 N–H and O–H groups in total. The average Bonchev–Trinajstić information content (AvgIpc) is 2.47. The van der Waals surface area contributed by atoms with Gasteiger partial charge >= 0.3 is 0 Å². The molecule has 3 heteroatoms. The van der Waals surface area contributed by atoms with Gasteiger partial charge in [0.05, 0.1) is 12.7 Å².